The zero-order chi connectivity index (χ0) is 21.6. The highest BCUT2D eigenvalue weighted by Gasteiger charge is 2.42. The Bertz CT molecular complexity index is 1170. The molecule has 1 saturated heterocycles. The Morgan fingerprint density at radius 1 is 1.32 bits per heavy atom. The van der Waals surface area contributed by atoms with Crippen molar-refractivity contribution in [2.24, 2.45) is 5.92 Å². The molecule has 1 saturated carbocycles. The first-order valence-corrected chi connectivity index (χ1v) is 12.2. The molecule has 2 unspecified atom stereocenters. The van der Waals surface area contributed by atoms with Crippen LogP contribution in [0.2, 0.25) is 0 Å². The highest BCUT2D eigenvalue weighted by Crippen LogP contribution is 2.35. The monoisotopic (exact) mass is 445 g/mol. The first-order chi connectivity index (χ1) is 15.0. The maximum Gasteiger partial charge on any atom is 0.243 e. The Hall–Kier alpha value is -2.66. The van der Waals surface area contributed by atoms with Crippen molar-refractivity contribution < 1.29 is 13.2 Å². The number of sulfonamides is 1. The number of nitrogens with one attached hydrogen (secondary N) is 2. The molecular weight excluding hydrogens is 418 g/mol. The van der Waals surface area contributed by atoms with Gasteiger partial charge < -0.3 is 10.1 Å². The van der Waals surface area contributed by atoms with E-state index in [4.69, 9.17) is 4.74 Å². The summed E-state index contributed by atoms with van der Waals surface area (Å²) in [7, 11) is -3.13. The van der Waals surface area contributed by atoms with Crippen molar-refractivity contribution in [2.75, 3.05) is 25.0 Å². The molecule has 2 atom stereocenters. The van der Waals surface area contributed by atoms with Crippen LogP contribution in [0.15, 0.2) is 24.7 Å². The van der Waals surface area contributed by atoms with Crippen LogP contribution >= 0.6 is 0 Å². The SMILES string of the molecule is CCOc1c(-c2cn[nH]c2)ccn2nc(NC3CCN(S(=O)(=O)C4CC4)CC3C)nc12. The van der Waals surface area contributed by atoms with Gasteiger partial charge in [-0.25, -0.2) is 17.2 Å². The Balaban J connectivity index is 1.37. The molecule has 0 spiro atoms. The van der Waals surface area contributed by atoms with Crippen molar-refractivity contribution in [2.45, 2.75) is 44.4 Å². The van der Waals surface area contributed by atoms with Crippen molar-refractivity contribution in [3.8, 4) is 16.9 Å². The lowest BCUT2D eigenvalue weighted by atomic mass is 9.95. The van der Waals surface area contributed by atoms with Crippen LogP contribution in [0.25, 0.3) is 16.8 Å². The van der Waals surface area contributed by atoms with Crippen molar-refractivity contribution >= 4 is 21.6 Å². The fourth-order valence-electron chi connectivity index (χ4n) is 4.19. The summed E-state index contributed by atoms with van der Waals surface area (Å²) < 4.78 is 34.4. The van der Waals surface area contributed by atoms with Crippen LogP contribution in [0.5, 0.6) is 5.75 Å². The second kappa shape index (κ2) is 7.79. The molecule has 0 aromatic carbocycles. The van der Waals surface area contributed by atoms with Gasteiger partial charge in [0.05, 0.1) is 18.1 Å². The van der Waals surface area contributed by atoms with Crippen LogP contribution in [-0.2, 0) is 10.0 Å². The van der Waals surface area contributed by atoms with Crippen molar-refractivity contribution in [1.29, 1.82) is 0 Å². The van der Waals surface area contributed by atoms with Gasteiger partial charge in [-0.15, -0.1) is 5.10 Å². The molecule has 1 aliphatic heterocycles. The molecule has 2 aliphatic rings. The third kappa shape index (κ3) is 3.76. The number of H-pyrrole nitrogens is 1. The molecule has 3 aromatic heterocycles. The molecule has 10 nitrogen and oxygen atoms in total. The number of fused-ring (bicyclic) bond motifs is 1. The smallest absolute Gasteiger partial charge is 0.243 e. The van der Waals surface area contributed by atoms with Gasteiger partial charge in [0, 0.05) is 42.7 Å². The molecule has 166 valence electrons. The van der Waals surface area contributed by atoms with E-state index in [1.807, 2.05) is 25.4 Å². The first-order valence-electron chi connectivity index (χ1n) is 10.7. The highest BCUT2D eigenvalue weighted by atomic mass is 32.2. The Labute approximate surface area is 181 Å². The van der Waals surface area contributed by atoms with Gasteiger partial charge in [-0.3, -0.25) is 5.10 Å². The van der Waals surface area contributed by atoms with E-state index in [0.717, 1.165) is 30.4 Å². The first kappa shape index (κ1) is 20.3. The van der Waals surface area contributed by atoms with Crippen LogP contribution in [0.1, 0.15) is 33.1 Å². The van der Waals surface area contributed by atoms with Crippen LogP contribution in [0, 0.1) is 5.92 Å². The van der Waals surface area contributed by atoms with Crippen molar-refractivity contribution in [3.05, 3.63) is 24.7 Å². The second-order valence-electron chi connectivity index (χ2n) is 8.30. The fourth-order valence-corrected chi connectivity index (χ4v) is 6.15. The van der Waals surface area contributed by atoms with Gasteiger partial charge in [-0.1, -0.05) is 6.92 Å². The van der Waals surface area contributed by atoms with Gasteiger partial charge >= 0.3 is 0 Å². The number of aromatic nitrogens is 5. The van der Waals surface area contributed by atoms with Crippen LogP contribution in [0.3, 0.4) is 0 Å². The van der Waals surface area contributed by atoms with Crippen LogP contribution in [-0.4, -0.2) is 68.5 Å². The molecule has 2 fully saturated rings. The summed E-state index contributed by atoms with van der Waals surface area (Å²) in [6.45, 7) is 5.57. The van der Waals surface area contributed by atoms with Crippen LogP contribution in [0.4, 0.5) is 5.95 Å². The number of aromatic amines is 1. The number of rotatable bonds is 7. The summed E-state index contributed by atoms with van der Waals surface area (Å²) in [6.07, 6.45) is 7.73. The van der Waals surface area contributed by atoms with Crippen molar-refractivity contribution in [3.63, 3.8) is 0 Å². The van der Waals surface area contributed by atoms with Gasteiger partial charge in [0.25, 0.3) is 0 Å². The minimum atomic E-state index is -3.13. The van der Waals surface area contributed by atoms with E-state index in [1.165, 1.54) is 0 Å². The predicted molar refractivity (Wildman–Crippen MR) is 116 cm³/mol. The van der Waals surface area contributed by atoms with E-state index in [-0.39, 0.29) is 17.2 Å². The maximum absolute atomic E-state index is 12.6. The molecule has 31 heavy (non-hydrogen) atoms. The van der Waals surface area contributed by atoms with Crippen LogP contribution < -0.4 is 10.1 Å². The van der Waals surface area contributed by atoms with Gasteiger partial charge in [0.1, 0.15) is 0 Å². The van der Waals surface area contributed by atoms with E-state index < -0.39 is 10.0 Å². The van der Waals surface area contributed by atoms with Gasteiger partial charge in [-0.05, 0) is 38.2 Å². The number of anilines is 1. The summed E-state index contributed by atoms with van der Waals surface area (Å²) in [4.78, 5) is 4.69. The second-order valence-corrected chi connectivity index (χ2v) is 10.5. The minimum absolute atomic E-state index is 0.104. The number of nitrogens with zero attached hydrogens (tertiary/aromatic N) is 5. The lowest BCUT2D eigenvalue weighted by Crippen LogP contribution is -2.48. The number of ether oxygens (including phenoxy) is 1. The summed E-state index contributed by atoms with van der Waals surface area (Å²) in [5.41, 5.74) is 2.44. The average Bonchev–Trinajstić information content (AvgIpc) is 3.32. The molecule has 4 heterocycles. The van der Waals surface area contributed by atoms with E-state index in [2.05, 4.69) is 32.5 Å². The topological polar surface area (TPSA) is 118 Å². The van der Waals surface area contributed by atoms with Crippen molar-refractivity contribution in [1.82, 2.24) is 29.1 Å². The minimum Gasteiger partial charge on any atom is -0.489 e. The summed E-state index contributed by atoms with van der Waals surface area (Å²) >= 11 is 0. The molecular formula is C20H27N7O3S. The van der Waals surface area contributed by atoms with E-state index in [0.29, 0.717) is 37.0 Å². The molecule has 0 radical (unpaired) electrons. The third-order valence-corrected chi connectivity index (χ3v) is 8.41. The lowest BCUT2D eigenvalue weighted by molar-refractivity contribution is 0.260. The number of piperidine rings is 1. The van der Waals surface area contributed by atoms with E-state index in [9.17, 15) is 8.42 Å². The standard InChI is InChI=1S/C20H27N7O3S/c1-3-30-18-16(14-10-21-22-11-14)6-9-27-19(18)24-20(25-27)23-17-7-8-26(12-13(17)2)31(28,29)15-4-5-15/h6,9-11,13,15,17H,3-5,7-8,12H2,1-2H3,(H,21,22)(H,23,25). The fraction of sp³-hybridized carbons (Fsp3) is 0.550. The third-order valence-electron chi connectivity index (χ3n) is 6.05. The number of pyridine rings is 1. The molecule has 0 amide bonds. The number of hydrogen-bond acceptors (Lipinski definition) is 7. The summed E-state index contributed by atoms with van der Waals surface area (Å²) in [5.74, 6) is 1.33. The maximum atomic E-state index is 12.6. The van der Waals surface area contributed by atoms with Gasteiger partial charge in [-0.2, -0.15) is 10.1 Å². The molecule has 3 aromatic rings. The zero-order valence-electron chi connectivity index (χ0n) is 17.7. The Morgan fingerprint density at radius 2 is 2.16 bits per heavy atom. The molecule has 0 bridgehead atoms. The van der Waals surface area contributed by atoms with E-state index >= 15 is 0 Å². The van der Waals surface area contributed by atoms with Gasteiger partial charge in [0.15, 0.2) is 11.4 Å². The predicted octanol–water partition coefficient (Wildman–Crippen LogP) is 2.13. The Kier molecular flexibility index (Phi) is 5.09. The average molecular weight is 446 g/mol. The summed E-state index contributed by atoms with van der Waals surface area (Å²) in [6, 6.07) is 2.04. The molecule has 2 N–H and O–H groups in total. The molecule has 1 aliphatic carbocycles. The zero-order valence-corrected chi connectivity index (χ0v) is 18.5. The lowest BCUT2D eigenvalue weighted by Gasteiger charge is -2.36. The van der Waals surface area contributed by atoms with Gasteiger partial charge in [0.2, 0.25) is 16.0 Å². The van der Waals surface area contributed by atoms with E-state index in [1.54, 1.807) is 15.0 Å². The Morgan fingerprint density at radius 3 is 2.84 bits per heavy atom. The highest BCUT2D eigenvalue weighted by molar-refractivity contribution is 7.90. The normalized spacial score (nSPS) is 22.6. The molecule has 11 heteroatoms. The number of hydrogen-bond donors (Lipinski definition) is 2. The molecule has 5 rings (SSSR count). The largest absolute Gasteiger partial charge is 0.489 e. The quantitative estimate of drug-likeness (QED) is 0.572. The summed E-state index contributed by atoms with van der Waals surface area (Å²) in [5, 5.41) is 14.7.